The smallest absolute Gasteiger partial charge is 0.322 e. The normalized spacial score (nSPS) is 18.5. The monoisotopic (exact) mass is 243 g/mol. The third kappa shape index (κ3) is 8.60. The Balaban J connectivity index is 0. The zero-order valence-corrected chi connectivity index (χ0v) is 10.5. The van der Waals surface area contributed by atoms with Crippen molar-refractivity contribution in [3.8, 4) is 0 Å². The summed E-state index contributed by atoms with van der Waals surface area (Å²) < 4.78 is 4.53. The molecule has 14 heavy (non-hydrogen) atoms. The second-order valence-corrected chi connectivity index (χ2v) is 3.08. The van der Waals surface area contributed by atoms with Gasteiger partial charge in [0.25, 0.3) is 0 Å². The topological polar surface area (TPSA) is 38.3 Å². The number of esters is 1. The van der Waals surface area contributed by atoms with E-state index < -0.39 is 0 Å². The van der Waals surface area contributed by atoms with Gasteiger partial charge in [0.1, 0.15) is 6.04 Å². The lowest BCUT2D eigenvalue weighted by molar-refractivity contribution is -0.142. The Morgan fingerprint density at radius 2 is 2.00 bits per heavy atom. The number of rotatable bonds is 1. The molecular weight excluding hydrogens is 225 g/mol. The van der Waals surface area contributed by atoms with Gasteiger partial charge in [0.05, 0.1) is 12.4 Å². The van der Waals surface area contributed by atoms with Crippen LogP contribution in [0, 0.1) is 0 Å². The lowest BCUT2D eigenvalue weighted by atomic mass is 10.2. The molecule has 0 spiro atoms. The highest BCUT2D eigenvalue weighted by atomic mass is 35.5. The third-order valence-corrected chi connectivity index (χ3v) is 1.55. The molecule has 86 valence electrons. The largest absolute Gasteiger partial charge is 0.468 e. The molecule has 3 nitrogen and oxygen atoms in total. The van der Waals surface area contributed by atoms with E-state index in [9.17, 15) is 4.79 Å². The fourth-order valence-corrected chi connectivity index (χ4v) is 1.03. The van der Waals surface area contributed by atoms with E-state index in [4.69, 9.17) is 23.2 Å². The van der Waals surface area contributed by atoms with Crippen LogP contribution in [0.2, 0.25) is 0 Å². The number of ether oxygens (including phenoxy) is 1. The first-order valence-electron chi connectivity index (χ1n) is 4.69. The molecule has 0 aromatic carbocycles. The highest BCUT2D eigenvalue weighted by Gasteiger charge is 2.21. The predicted molar refractivity (Wildman–Crippen MR) is 61.0 cm³/mol. The molecule has 1 atom stereocenters. The molecule has 0 amide bonds. The Kier molecular flexibility index (Phi) is 15.3. The molecule has 1 fully saturated rings. The molecule has 1 N–H and O–H groups in total. The van der Waals surface area contributed by atoms with Gasteiger partial charge in [-0.15, -0.1) is 23.2 Å². The number of carbonyl (C=O) groups is 1. The molecule has 1 saturated heterocycles. The van der Waals surface area contributed by atoms with E-state index in [1.54, 1.807) is 0 Å². The fourth-order valence-electron chi connectivity index (χ4n) is 1.03. The van der Waals surface area contributed by atoms with Crippen LogP contribution < -0.4 is 5.32 Å². The molecule has 0 aromatic rings. The maximum absolute atomic E-state index is 10.7. The van der Waals surface area contributed by atoms with E-state index >= 15 is 0 Å². The molecule has 1 unspecified atom stereocenters. The lowest BCUT2D eigenvalue weighted by Crippen LogP contribution is -2.31. The van der Waals surface area contributed by atoms with Crippen molar-refractivity contribution in [1.82, 2.24) is 5.32 Å². The van der Waals surface area contributed by atoms with Crippen molar-refractivity contribution in [2.45, 2.75) is 32.7 Å². The Bertz CT molecular complexity index is 128. The zero-order chi connectivity index (χ0) is 11.4. The van der Waals surface area contributed by atoms with Crippen LogP contribution in [0.4, 0.5) is 0 Å². The maximum Gasteiger partial charge on any atom is 0.322 e. The highest BCUT2D eigenvalue weighted by Crippen LogP contribution is 2.05. The van der Waals surface area contributed by atoms with Gasteiger partial charge in [0, 0.05) is 0 Å². The van der Waals surface area contributed by atoms with Crippen molar-refractivity contribution in [3.63, 3.8) is 0 Å². The Morgan fingerprint density at radius 1 is 1.50 bits per heavy atom. The minimum atomic E-state index is -0.132. The van der Waals surface area contributed by atoms with E-state index in [1.807, 2.05) is 13.8 Å². The molecule has 0 radical (unpaired) electrons. The number of carbonyl (C=O) groups excluding carboxylic acids is 1. The Morgan fingerprint density at radius 3 is 2.29 bits per heavy atom. The number of nitrogens with one attached hydrogen (secondary N) is 1. The number of hydrogen-bond acceptors (Lipinski definition) is 3. The average Bonchev–Trinajstić information content (AvgIpc) is 2.74. The summed E-state index contributed by atoms with van der Waals surface area (Å²) in [4.78, 5) is 10.7. The van der Waals surface area contributed by atoms with Gasteiger partial charge in [0.15, 0.2) is 0 Å². The summed E-state index contributed by atoms with van der Waals surface area (Å²) in [6.07, 6.45) is 2.01. The molecule has 5 heteroatoms. The third-order valence-electron chi connectivity index (χ3n) is 1.55. The number of hydrogen-bond donors (Lipinski definition) is 1. The molecule has 1 rings (SSSR count). The lowest BCUT2D eigenvalue weighted by Gasteiger charge is -2.04. The second-order valence-electron chi connectivity index (χ2n) is 2.27. The van der Waals surface area contributed by atoms with E-state index in [1.165, 1.54) is 7.11 Å². The van der Waals surface area contributed by atoms with Crippen molar-refractivity contribution in [2.24, 2.45) is 0 Å². The van der Waals surface area contributed by atoms with Crippen LogP contribution in [0.5, 0.6) is 0 Å². The average molecular weight is 244 g/mol. The number of halogens is 2. The summed E-state index contributed by atoms with van der Waals surface area (Å²) in [7, 11) is 1.42. The van der Waals surface area contributed by atoms with E-state index in [0.717, 1.165) is 19.4 Å². The van der Waals surface area contributed by atoms with Crippen LogP contribution in [0.25, 0.3) is 0 Å². The SMILES string of the molecule is CC.COC(=O)C1CCCN1.ClCCl. The first-order valence-corrected chi connectivity index (χ1v) is 5.76. The minimum absolute atomic E-state index is 0.0324. The molecule has 0 aliphatic carbocycles. The van der Waals surface area contributed by atoms with Gasteiger partial charge < -0.3 is 10.1 Å². The highest BCUT2D eigenvalue weighted by molar-refractivity contribution is 6.40. The summed E-state index contributed by atoms with van der Waals surface area (Å²) in [5.74, 6) is -0.132. The van der Waals surface area contributed by atoms with Crippen molar-refractivity contribution in [3.05, 3.63) is 0 Å². The Hall–Kier alpha value is 0.01000. The number of alkyl halides is 2. The van der Waals surface area contributed by atoms with Gasteiger partial charge in [0.2, 0.25) is 0 Å². The van der Waals surface area contributed by atoms with Crippen molar-refractivity contribution >= 4 is 29.2 Å². The van der Waals surface area contributed by atoms with Crippen molar-refractivity contribution < 1.29 is 9.53 Å². The van der Waals surface area contributed by atoms with Crippen molar-refractivity contribution in [1.29, 1.82) is 0 Å². The summed E-state index contributed by atoms with van der Waals surface area (Å²) in [5.41, 5.74) is 0. The van der Waals surface area contributed by atoms with E-state index in [-0.39, 0.29) is 17.4 Å². The van der Waals surface area contributed by atoms with Crippen LogP contribution in [0.3, 0.4) is 0 Å². The van der Waals surface area contributed by atoms with Gasteiger partial charge in [-0.25, -0.2) is 0 Å². The molecular formula is C9H19Cl2NO2. The molecule has 0 saturated carbocycles. The molecule has 0 aromatic heterocycles. The Labute approximate surface area is 96.1 Å². The molecule has 0 bridgehead atoms. The fraction of sp³-hybridized carbons (Fsp3) is 0.889. The summed E-state index contributed by atoms with van der Waals surface area (Å²) in [6.45, 7) is 4.94. The predicted octanol–water partition coefficient (Wildman–Crippen LogP) is 2.36. The van der Waals surface area contributed by atoms with Gasteiger partial charge in [-0.1, -0.05) is 13.8 Å². The van der Waals surface area contributed by atoms with Crippen LogP contribution in [-0.4, -0.2) is 31.0 Å². The van der Waals surface area contributed by atoms with Gasteiger partial charge in [-0.2, -0.15) is 0 Å². The molecule has 1 aliphatic rings. The first-order chi connectivity index (χ1) is 6.76. The van der Waals surface area contributed by atoms with Crippen molar-refractivity contribution in [2.75, 3.05) is 19.0 Å². The van der Waals surface area contributed by atoms with E-state index in [0.29, 0.717) is 0 Å². The minimum Gasteiger partial charge on any atom is -0.468 e. The van der Waals surface area contributed by atoms with Crippen LogP contribution in [-0.2, 0) is 9.53 Å². The van der Waals surface area contributed by atoms with Crippen LogP contribution >= 0.6 is 23.2 Å². The van der Waals surface area contributed by atoms with Crippen LogP contribution in [0.15, 0.2) is 0 Å². The van der Waals surface area contributed by atoms with Gasteiger partial charge in [-0.05, 0) is 19.4 Å². The molecule has 1 heterocycles. The number of methoxy groups -OCH3 is 1. The van der Waals surface area contributed by atoms with Gasteiger partial charge >= 0.3 is 5.97 Å². The molecule has 1 aliphatic heterocycles. The summed E-state index contributed by atoms with van der Waals surface area (Å²) >= 11 is 9.53. The summed E-state index contributed by atoms with van der Waals surface area (Å²) in [6, 6.07) is -0.0324. The second kappa shape index (κ2) is 13.0. The van der Waals surface area contributed by atoms with Crippen LogP contribution in [0.1, 0.15) is 26.7 Å². The van der Waals surface area contributed by atoms with Gasteiger partial charge in [-0.3, -0.25) is 4.79 Å². The zero-order valence-electron chi connectivity index (χ0n) is 8.98. The standard InChI is InChI=1S/C6H11NO2.C2H6.CH2Cl2/c1-9-6(8)5-3-2-4-7-5;1-2;2-1-3/h5,7H,2-4H2,1H3;1-2H3;1H2. The quantitative estimate of drug-likeness (QED) is 0.568. The summed E-state index contributed by atoms with van der Waals surface area (Å²) in [5, 5.41) is 3.23. The van der Waals surface area contributed by atoms with E-state index in [2.05, 4.69) is 10.1 Å². The first kappa shape index (κ1) is 16.4. The maximum atomic E-state index is 10.7.